The van der Waals surface area contributed by atoms with Crippen LogP contribution >= 0.6 is 0 Å². The molecular weight excluding hydrogens is 977 g/mol. The Morgan fingerprint density at radius 3 is 1.00 bits per heavy atom. The second kappa shape index (κ2) is 40.6. The van der Waals surface area contributed by atoms with Gasteiger partial charge in [0.15, 0.2) is 5.78 Å². The molecule has 0 fully saturated rings. The normalized spacial score (nSPS) is 18.4. The van der Waals surface area contributed by atoms with Gasteiger partial charge in [0.1, 0.15) is 0 Å². The average molecular weight is 1090 g/mol. The lowest BCUT2D eigenvalue weighted by molar-refractivity contribution is -0.116. The number of ketones is 1. The van der Waals surface area contributed by atoms with Crippen LogP contribution in [-0.2, 0) is 4.79 Å². The van der Waals surface area contributed by atoms with Gasteiger partial charge in [0.2, 0.25) is 0 Å². The van der Waals surface area contributed by atoms with E-state index in [4.69, 9.17) is 0 Å². The first-order valence-corrected chi connectivity index (χ1v) is 29.9. The van der Waals surface area contributed by atoms with Gasteiger partial charge >= 0.3 is 0 Å². The Kier molecular flexibility index (Phi) is 36.3. The van der Waals surface area contributed by atoms with Crippen LogP contribution in [-0.4, -0.2) is 5.78 Å². The molecule has 0 heterocycles. The first-order valence-electron chi connectivity index (χ1n) is 29.9. The van der Waals surface area contributed by atoms with Crippen molar-refractivity contribution >= 4 is 5.78 Å². The highest BCUT2D eigenvalue weighted by Crippen LogP contribution is 2.41. The van der Waals surface area contributed by atoms with Gasteiger partial charge < -0.3 is 0 Å². The Morgan fingerprint density at radius 2 is 0.667 bits per heavy atom. The fourth-order valence-corrected chi connectivity index (χ4v) is 8.95. The van der Waals surface area contributed by atoms with Crippen molar-refractivity contribution in [3.63, 3.8) is 0 Å². The number of Topliss-reactive ketones (excluding diaryl/α,β-unsaturated/α-hetero) is 1. The molecular formula is C80H110O. The van der Waals surface area contributed by atoms with Crippen molar-refractivity contribution in [2.24, 2.45) is 10.8 Å². The highest BCUT2D eigenvalue weighted by atomic mass is 16.1. The highest BCUT2D eigenvalue weighted by molar-refractivity contribution is 5.97. The summed E-state index contributed by atoms with van der Waals surface area (Å²) >= 11 is 0. The van der Waals surface area contributed by atoms with Crippen LogP contribution in [0.3, 0.4) is 0 Å². The molecule has 0 spiro atoms. The molecule has 0 atom stereocenters. The van der Waals surface area contributed by atoms with E-state index in [-0.39, 0.29) is 16.6 Å². The summed E-state index contributed by atoms with van der Waals surface area (Å²) in [4.78, 5) is 12.2. The standard InChI is InChI=1S/C40H54O.C40H56/c1-30(18-13-20-32(3)23-25-36-34(5)22-15-28-39(36,7)8)16-11-12-17-31(2)19-14-21-33(4)24-26-37-35(6)38(41)27-29-40(37,9)10;1-33(2)19-13-23-37(7)27-17-31-39(9)29-15-25-35(5)21-11-12-22-36(6)26-16-30-40(10)32-18-28-38(8)24-14-20-34(3)4/h11-14,16-21,23-26H,15,22,27-29H2,1-10H3;11-12,15-22,25-32H,13-14,23-24H2,1-10H3/b12-11+,18-13+,19-14+,25-23+,26-24+,30-16+,31-17+,32-20+,33-21+;12-11+,25-15+,26-16+,31-17+,32-18+,35-21+,36-22+,37-27+,38-28+,39-29+,40-30+. The molecule has 0 N–H and O–H groups in total. The van der Waals surface area contributed by atoms with E-state index in [2.05, 4.69) is 326 Å². The first-order chi connectivity index (χ1) is 38.2. The lowest BCUT2D eigenvalue weighted by atomic mass is 9.72. The molecule has 2 rings (SSSR count). The molecule has 0 radical (unpaired) electrons. The first kappa shape index (κ1) is 72.4. The summed E-state index contributed by atoms with van der Waals surface area (Å²) in [6, 6.07) is 0. The van der Waals surface area contributed by atoms with Crippen molar-refractivity contribution in [1.29, 1.82) is 0 Å². The predicted octanol–water partition coefficient (Wildman–Crippen LogP) is 24.7. The van der Waals surface area contributed by atoms with Crippen molar-refractivity contribution in [3.05, 3.63) is 284 Å². The van der Waals surface area contributed by atoms with Crippen LogP contribution in [0.2, 0.25) is 0 Å². The van der Waals surface area contributed by atoms with Crippen molar-refractivity contribution in [3.8, 4) is 0 Å². The molecule has 0 aliphatic heterocycles. The topological polar surface area (TPSA) is 17.1 Å². The number of hydrogen-bond donors (Lipinski definition) is 0. The third kappa shape index (κ3) is 35.7. The maximum absolute atomic E-state index is 12.2. The number of hydrogen-bond acceptors (Lipinski definition) is 1. The highest BCUT2D eigenvalue weighted by Gasteiger charge is 2.30. The van der Waals surface area contributed by atoms with Crippen LogP contribution in [0.5, 0.6) is 0 Å². The largest absolute Gasteiger partial charge is 0.295 e. The minimum absolute atomic E-state index is 0.0507. The van der Waals surface area contributed by atoms with Crippen LogP contribution in [0.15, 0.2) is 284 Å². The molecule has 0 aromatic heterocycles. The Balaban J connectivity index is 0.000000810. The Hall–Kier alpha value is -6.57. The Morgan fingerprint density at radius 1 is 0.370 bits per heavy atom. The van der Waals surface area contributed by atoms with Gasteiger partial charge in [0.05, 0.1) is 0 Å². The molecule has 1 heteroatoms. The van der Waals surface area contributed by atoms with Crippen molar-refractivity contribution in [1.82, 2.24) is 0 Å². The SMILES string of the molecule is CC(C)=CCC/C(C)=C/C=C/C(C)=C/C=C/C(C)=C/C=C/C=C(C)/C=C/C=C(C)/C=C/C=C(\C)CCC=C(C)C.CC1=C(/C=C/C(C)=C/C=C/C(C)=C/C=C/C=C(C)/C=C/C=C(C)/C=C/C2=C(C)C(=O)CCC2(C)C)C(C)(C)CCC1. The van der Waals surface area contributed by atoms with E-state index in [0.29, 0.717) is 6.42 Å². The second-order valence-electron chi connectivity index (χ2n) is 24.3. The molecule has 0 aromatic carbocycles. The molecule has 436 valence electrons. The lowest BCUT2D eigenvalue weighted by Crippen LogP contribution is -2.24. The van der Waals surface area contributed by atoms with E-state index in [1.165, 1.54) is 97.3 Å². The third-order valence-electron chi connectivity index (χ3n) is 14.3. The fourth-order valence-electron chi connectivity index (χ4n) is 8.95. The van der Waals surface area contributed by atoms with Crippen LogP contribution in [0.4, 0.5) is 0 Å². The summed E-state index contributed by atoms with van der Waals surface area (Å²) in [5.41, 5.74) is 20.8. The lowest BCUT2D eigenvalue weighted by Gasteiger charge is -2.32. The minimum atomic E-state index is 0.0507. The molecule has 0 saturated carbocycles. The van der Waals surface area contributed by atoms with E-state index in [0.717, 1.165) is 43.3 Å². The molecule has 2 aliphatic carbocycles. The Labute approximate surface area is 498 Å². The van der Waals surface area contributed by atoms with Gasteiger partial charge in [-0.1, -0.05) is 295 Å². The smallest absolute Gasteiger partial charge is 0.158 e. The number of carbonyl (C=O) groups is 1. The van der Waals surface area contributed by atoms with Crippen LogP contribution in [0.1, 0.15) is 196 Å². The van der Waals surface area contributed by atoms with Crippen LogP contribution in [0.25, 0.3) is 0 Å². The van der Waals surface area contributed by atoms with E-state index in [9.17, 15) is 4.79 Å². The molecule has 0 bridgehead atoms. The number of allylic oxidation sites excluding steroid dienone is 48. The van der Waals surface area contributed by atoms with Gasteiger partial charge in [-0.05, 0) is 190 Å². The van der Waals surface area contributed by atoms with Gasteiger partial charge in [-0.2, -0.15) is 0 Å². The van der Waals surface area contributed by atoms with Crippen molar-refractivity contribution in [2.75, 3.05) is 0 Å². The van der Waals surface area contributed by atoms with E-state index >= 15 is 0 Å². The minimum Gasteiger partial charge on any atom is -0.295 e. The quantitative estimate of drug-likeness (QED) is 0.0623. The maximum Gasteiger partial charge on any atom is 0.158 e. The number of carbonyl (C=O) groups excluding carboxylic acids is 1. The molecule has 0 saturated heterocycles. The average Bonchev–Trinajstić information content (AvgIpc) is 3.41. The summed E-state index contributed by atoms with van der Waals surface area (Å²) in [5, 5.41) is 0. The molecule has 0 aromatic rings. The van der Waals surface area contributed by atoms with Gasteiger partial charge in [0, 0.05) is 6.42 Å². The van der Waals surface area contributed by atoms with Gasteiger partial charge in [-0.25, -0.2) is 0 Å². The summed E-state index contributed by atoms with van der Waals surface area (Å²) in [6.45, 7) is 43.4. The van der Waals surface area contributed by atoms with Crippen LogP contribution < -0.4 is 0 Å². The Bertz CT molecular complexity index is 2730. The van der Waals surface area contributed by atoms with Crippen molar-refractivity contribution in [2.45, 2.75) is 196 Å². The zero-order valence-corrected chi connectivity index (χ0v) is 54.7. The molecule has 2 aliphatic rings. The van der Waals surface area contributed by atoms with E-state index in [1.54, 1.807) is 0 Å². The van der Waals surface area contributed by atoms with Gasteiger partial charge in [-0.3, -0.25) is 4.79 Å². The van der Waals surface area contributed by atoms with E-state index < -0.39 is 0 Å². The van der Waals surface area contributed by atoms with Crippen LogP contribution in [0, 0.1) is 10.8 Å². The second-order valence-corrected chi connectivity index (χ2v) is 24.3. The van der Waals surface area contributed by atoms with Gasteiger partial charge in [-0.15, -0.1) is 0 Å². The maximum atomic E-state index is 12.2. The third-order valence-corrected chi connectivity index (χ3v) is 14.3. The van der Waals surface area contributed by atoms with Gasteiger partial charge in [0.25, 0.3) is 0 Å². The monoisotopic (exact) mass is 1090 g/mol. The molecule has 0 unspecified atom stereocenters. The summed E-state index contributed by atoms with van der Waals surface area (Å²) in [7, 11) is 0. The summed E-state index contributed by atoms with van der Waals surface area (Å²) in [5.74, 6) is 0.280. The molecule has 81 heavy (non-hydrogen) atoms. The predicted molar refractivity (Wildman–Crippen MR) is 367 cm³/mol. The summed E-state index contributed by atoms with van der Waals surface area (Å²) in [6.07, 6.45) is 78.7. The fraction of sp³-hybridized carbons (Fsp3) is 0.388. The van der Waals surface area contributed by atoms with Crippen molar-refractivity contribution < 1.29 is 4.79 Å². The van der Waals surface area contributed by atoms with E-state index in [1.807, 2.05) is 6.92 Å². The molecule has 1 nitrogen and oxygen atoms in total. The zero-order chi connectivity index (χ0) is 60.8. The molecule has 0 amide bonds. The zero-order valence-electron chi connectivity index (χ0n) is 54.7. The summed E-state index contributed by atoms with van der Waals surface area (Å²) < 4.78 is 0. The number of rotatable bonds is 26.